The van der Waals surface area contributed by atoms with Crippen LogP contribution in [0.25, 0.3) is 0 Å². The summed E-state index contributed by atoms with van der Waals surface area (Å²) >= 11 is 0. The van der Waals surface area contributed by atoms with Gasteiger partial charge in [0.05, 0.1) is 27.0 Å². The number of methoxy groups -OCH3 is 3. The lowest BCUT2D eigenvalue weighted by Gasteiger charge is -2.34. The zero-order valence-electron chi connectivity index (χ0n) is 17.0. The van der Waals surface area contributed by atoms with Gasteiger partial charge < -0.3 is 24.4 Å². The summed E-state index contributed by atoms with van der Waals surface area (Å²) < 4.78 is 42.6. The number of carbonyl (C=O) groups is 1. The zero-order chi connectivity index (χ0) is 21.7. The smallest absolute Gasteiger partial charge is 0.321 e. The van der Waals surface area contributed by atoms with Crippen molar-refractivity contribution in [3.63, 3.8) is 0 Å². The molecule has 1 saturated heterocycles. The van der Waals surface area contributed by atoms with E-state index < -0.39 is 10.0 Å². The van der Waals surface area contributed by atoms with E-state index in [0.29, 0.717) is 22.9 Å². The Hall–Kier alpha value is -3.05. The summed E-state index contributed by atoms with van der Waals surface area (Å²) in [5, 5.41) is 2.79. The third-order valence-electron chi connectivity index (χ3n) is 4.71. The van der Waals surface area contributed by atoms with Crippen molar-refractivity contribution in [1.29, 1.82) is 0 Å². The van der Waals surface area contributed by atoms with Crippen LogP contribution in [0.4, 0.5) is 10.5 Å². The number of amides is 2. The molecule has 0 atom stereocenters. The SMILES string of the molecule is COc1cc(NC(=O)N2CCN(S(=O)(=O)c3cccnc3)CC2)cc(OC)c1OC. The van der Waals surface area contributed by atoms with Gasteiger partial charge in [-0.25, -0.2) is 13.2 Å². The summed E-state index contributed by atoms with van der Waals surface area (Å²) in [5.74, 6) is 1.26. The van der Waals surface area contributed by atoms with Crippen LogP contribution in [0.5, 0.6) is 17.2 Å². The summed E-state index contributed by atoms with van der Waals surface area (Å²) in [6, 6.07) is 5.99. The van der Waals surface area contributed by atoms with E-state index in [1.165, 1.54) is 44.1 Å². The lowest BCUT2D eigenvalue weighted by Crippen LogP contribution is -2.51. The van der Waals surface area contributed by atoms with Gasteiger partial charge in [0.15, 0.2) is 11.5 Å². The molecular formula is C19H24N4O6S. The van der Waals surface area contributed by atoms with E-state index in [0.717, 1.165) is 0 Å². The molecular weight excluding hydrogens is 412 g/mol. The number of anilines is 1. The molecule has 10 nitrogen and oxygen atoms in total. The van der Waals surface area contributed by atoms with E-state index in [4.69, 9.17) is 14.2 Å². The van der Waals surface area contributed by atoms with Crippen LogP contribution in [-0.2, 0) is 10.0 Å². The molecule has 1 aromatic carbocycles. The number of piperazine rings is 1. The van der Waals surface area contributed by atoms with Crippen molar-refractivity contribution >= 4 is 21.7 Å². The van der Waals surface area contributed by atoms with E-state index in [9.17, 15) is 13.2 Å². The van der Waals surface area contributed by atoms with Crippen LogP contribution in [0.3, 0.4) is 0 Å². The third kappa shape index (κ3) is 4.41. The number of hydrogen-bond acceptors (Lipinski definition) is 7. The fraction of sp³-hybridized carbons (Fsp3) is 0.368. The lowest BCUT2D eigenvalue weighted by atomic mass is 10.2. The fourth-order valence-corrected chi connectivity index (χ4v) is 4.52. The number of hydrogen-bond donors (Lipinski definition) is 1. The molecule has 0 spiro atoms. The van der Waals surface area contributed by atoms with Gasteiger partial charge in [-0.3, -0.25) is 4.98 Å². The van der Waals surface area contributed by atoms with Gasteiger partial charge >= 0.3 is 6.03 Å². The van der Waals surface area contributed by atoms with E-state index in [1.54, 1.807) is 23.1 Å². The molecule has 162 valence electrons. The normalized spacial score (nSPS) is 14.8. The Morgan fingerprint density at radius 1 is 1.03 bits per heavy atom. The zero-order valence-corrected chi connectivity index (χ0v) is 17.8. The van der Waals surface area contributed by atoms with Crippen LogP contribution < -0.4 is 19.5 Å². The maximum Gasteiger partial charge on any atom is 0.321 e. The molecule has 0 saturated carbocycles. The Kier molecular flexibility index (Phi) is 6.63. The van der Waals surface area contributed by atoms with Crippen molar-refractivity contribution in [2.45, 2.75) is 4.90 Å². The highest BCUT2D eigenvalue weighted by molar-refractivity contribution is 7.89. The minimum absolute atomic E-state index is 0.139. The Bertz CT molecular complexity index is 966. The molecule has 2 aromatic rings. The molecule has 3 rings (SSSR count). The molecule has 0 radical (unpaired) electrons. The number of rotatable bonds is 6. The molecule has 1 aliphatic rings. The van der Waals surface area contributed by atoms with Gasteiger partial charge in [0.25, 0.3) is 0 Å². The van der Waals surface area contributed by atoms with Gasteiger partial charge in [0.2, 0.25) is 15.8 Å². The number of ether oxygens (including phenoxy) is 3. The van der Waals surface area contributed by atoms with Crippen LogP contribution in [-0.4, -0.2) is 76.1 Å². The minimum atomic E-state index is -3.63. The summed E-state index contributed by atoms with van der Waals surface area (Å²) in [4.78, 5) is 18.2. The number of urea groups is 1. The summed E-state index contributed by atoms with van der Waals surface area (Å²) in [7, 11) is 0.849. The molecule has 2 heterocycles. The first kappa shape index (κ1) is 21.7. The predicted octanol–water partition coefficient (Wildman–Crippen LogP) is 1.65. The molecule has 1 aromatic heterocycles. The van der Waals surface area contributed by atoms with Gasteiger partial charge in [0.1, 0.15) is 4.90 Å². The topological polar surface area (TPSA) is 110 Å². The summed E-state index contributed by atoms with van der Waals surface area (Å²) in [6.07, 6.45) is 2.84. The highest BCUT2D eigenvalue weighted by atomic mass is 32.2. The van der Waals surface area contributed by atoms with Crippen molar-refractivity contribution in [1.82, 2.24) is 14.2 Å². The van der Waals surface area contributed by atoms with E-state index in [2.05, 4.69) is 10.3 Å². The number of aromatic nitrogens is 1. The molecule has 1 aliphatic heterocycles. The average Bonchev–Trinajstić information content (AvgIpc) is 2.78. The molecule has 11 heteroatoms. The predicted molar refractivity (Wildman–Crippen MR) is 110 cm³/mol. The first-order valence-electron chi connectivity index (χ1n) is 9.16. The molecule has 1 N–H and O–H groups in total. The Balaban J connectivity index is 1.66. The maximum absolute atomic E-state index is 12.7. The molecule has 1 fully saturated rings. The second-order valence-electron chi connectivity index (χ2n) is 6.42. The second-order valence-corrected chi connectivity index (χ2v) is 8.36. The van der Waals surface area contributed by atoms with Crippen LogP contribution in [0.15, 0.2) is 41.6 Å². The highest BCUT2D eigenvalue weighted by Gasteiger charge is 2.30. The number of carbonyl (C=O) groups excluding carboxylic acids is 1. The van der Waals surface area contributed by atoms with Gasteiger partial charge in [-0.2, -0.15) is 4.31 Å². The Morgan fingerprint density at radius 2 is 1.67 bits per heavy atom. The van der Waals surface area contributed by atoms with Crippen molar-refractivity contribution < 1.29 is 27.4 Å². The second kappa shape index (κ2) is 9.18. The van der Waals surface area contributed by atoms with E-state index in [1.807, 2.05) is 0 Å². The summed E-state index contributed by atoms with van der Waals surface area (Å²) in [5.41, 5.74) is 0.472. The van der Waals surface area contributed by atoms with Gasteiger partial charge in [-0.1, -0.05) is 0 Å². The third-order valence-corrected chi connectivity index (χ3v) is 6.60. The van der Waals surface area contributed by atoms with Crippen molar-refractivity contribution in [2.75, 3.05) is 52.8 Å². The highest BCUT2D eigenvalue weighted by Crippen LogP contribution is 2.40. The van der Waals surface area contributed by atoms with Crippen LogP contribution in [0.1, 0.15) is 0 Å². The minimum Gasteiger partial charge on any atom is -0.493 e. The Morgan fingerprint density at radius 3 is 2.17 bits per heavy atom. The fourth-order valence-electron chi connectivity index (χ4n) is 3.14. The number of pyridine rings is 1. The van der Waals surface area contributed by atoms with Crippen LogP contribution >= 0.6 is 0 Å². The molecule has 2 amide bonds. The van der Waals surface area contributed by atoms with Gasteiger partial charge in [-0.15, -0.1) is 0 Å². The molecule has 0 unspecified atom stereocenters. The van der Waals surface area contributed by atoms with Gasteiger partial charge in [-0.05, 0) is 12.1 Å². The monoisotopic (exact) mass is 436 g/mol. The summed E-state index contributed by atoms with van der Waals surface area (Å²) in [6.45, 7) is 0.908. The van der Waals surface area contributed by atoms with Crippen molar-refractivity contribution in [2.24, 2.45) is 0 Å². The first-order valence-corrected chi connectivity index (χ1v) is 10.6. The van der Waals surface area contributed by atoms with Gasteiger partial charge in [0, 0.05) is 50.7 Å². The molecule has 0 aliphatic carbocycles. The van der Waals surface area contributed by atoms with E-state index in [-0.39, 0.29) is 37.1 Å². The Labute approximate surface area is 175 Å². The standard InChI is InChI=1S/C19H24N4O6S/c1-27-16-11-14(12-17(28-2)18(16)29-3)21-19(24)22-7-9-23(10-8-22)30(25,26)15-5-4-6-20-13-15/h4-6,11-13H,7-10H2,1-3H3,(H,21,24). The van der Waals surface area contributed by atoms with Crippen molar-refractivity contribution in [3.8, 4) is 17.2 Å². The molecule has 0 bridgehead atoms. The van der Waals surface area contributed by atoms with Crippen LogP contribution in [0.2, 0.25) is 0 Å². The number of sulfonamides is 1. The largest absolute Gasteiger partial charge is 0.493 e. The average molecular weight is 436 g/mol. The number of nitrogens with zero attached hydrogens (tertiary/aromatic N) is 3. The maximum atomic E-state index is 12.7. The van der Waals surface area contributed by atoms with Crippen LogP contribution in [0, 0.1) is 0 Å². The first-order chi connectivity index (χ1) is 14.4. The van der Waals surface area contributed by atoms with Crippen molar-refractivity contribution in [3.05, 3.63) is 36.7 Å². The number of benzene rings is 1. The van der Waals surface area contributed by atoms with E-state index >= 15 is 0 Å². The quantitative estimate of drug-likeness (QED) is 0.733. The molecule has 30 heavy (non-hydrogen) atoms. The lowest BCUT2D eigenvalue weighted by molar-refractivity contribution is 0.184. The number of nitrogens with one attached hydrogen (secondary N) is 1.